The Hall–Kier alpha value is -2.29. The van der Waals surface area contributed by atoms with Crippen LogP contribution in [0.1, 0.15) is 24.2 Å². The Morgan fingerprint density at radius 1 is 1.15 bits per heavy atom. The van der Waals surface area contributed by atoms with E-state index in [2.05, 4.69) is 9.71 Å². The minimum atomic E-state index is -3.66. The molecule has 0 radical (unpaired) electrons. The molecule has 1 heterocycles. The number of thiazole rings is 1. The van der Waals surface area contributed by atoms with Gasteiger partial charge in [0.2, 0.25) is 10.0 Å². The molecule has 3 aromatic rings. The summed E-state index contributed by atoms with van der Waals surface area (Å²) in [4.78, 5) is 18.8. The topological polar surface area (TPSA) is 79.4 Å². The molecule has 136 valence electrons. The molecule has 0 aliphatic rings. The molecule has 8 heteroatoms. The zero-order chi connectivity index (χ0) is 18.9. The summed E-state index contributed by atoms with van der Waals surface area (Å²) in [6.07, 6.45) is 0. The van der Waals surface area contributed by atoms with Crippen molar-refractivity contribution >= 4 is 42.6 Å². The van der Waals surface area contributed by atoms with Crippen LogP contribution in [0.2, 0.25) is 0 Å². The fraction of sp³-hybridized carbons (Fsp3) is 0.222. The lowest BCUT2D eigenvalue weighted by atomic mass is 10.2. The fourth-order valence-electron chi connectivity index (χ4n) is 2.46. The minimum Gasteiger partial charge on any atom is -0.287 e. The van der Waals surface area contributed by atoms with Crippen LogP contribution in [0.15, 0.2) is 53.4 Å². The molecular weight excluding hydrogens is 370 g/mol. The number of nitrogens with zero attached hydrogens (tertiary/aromatic N) is 2. The number of amides is 1. The summed E-state index contributed by atoms with van der Waals surface area (Å²) in [5.74, 6) is -0.314. The second-order valence-corrected chi connectivity index (χ2v) is 8.86. The van der Waals surface area contributed by atoms with E-state index in [0.717, 1.165) is 10.2 Å². The van der Waals surface area contributed by atoms with Crippen molar-refractivity contribution in [3.63, 3.8) is 0 Å². The second kappa shape index (κ2) is 7.14. The van der Waals surface area contributed by atoms with Crippen LogP contribution >= 0.6 is 11.3 Å². The number of anilines is 1. The highest BCUT2D eigenvalue weighted by molar-refractivity contribution is 7.89. The van der Waals surface area contributed by atoms with Crippen LogP contribution in [0.5, 0.6) is 0 Å². The molecule has 0 bridgehead atoms. The number of aromatic nitrogens is 1. The quantitative estimate of drug-likeness (QED) is 0.726. The molecule has 1 N–H and O–H groups in total. The maximum Gasteiger partial charge on any atom is 0.259 e. The molecule has 1 aromatic heterocycles. The van der Waals surface area contributed by atoms with E-state index in [0.29, 0.717) is 10.7 Å². The number of fused-ring (bicyclic) bond motifs is 1. The molecule has 0 spiro atoms. The first-order chi connectivity index (χ1) is 12.3. The van der Waals surface area contributed by atoms with Crippen molar-refractivity contribution < 1.29 is 13.2 Å². The Balaban J connectivity index is 1.91. The van der Waals surface area contributed by atoms with Crippen LogP contribution in [0, 0.1) is 0 Å². The lowest BCUT2D eigenvalue weighted by Gasteiger charge is -2.15. The number of benzene rings is 2. The third-order valence-corrected chi connectivity index (χ3v) is 6.43. The number of hydrogen-bond donors (Lipinski definition) is 1. The Labute approximate surface area is 156 Å². The average molecular weight is 390 g/mol. The summed E-state index contributed by atoms with van der Waals surface area (Å²) in [5.41, 5.74) is 1.11. The van der Waals surface area contributed by atoms with Crippen LogP contribution in [-0.2, 0) is 10.0 Å². The number of rotatable bonds is 5. The average Bonchev–Trinajstić information content (AvgIpc) is 3.03. The molecule has 0 saturated heterocycles. The zero-order valence-electron chi connectivity index (χ0n) is 14.6. The number of nitrogens with one attached hydrogen (secondary N) is 1. The molecule has 0 unspecified atom stereocenters. The Morgan fingerprint density at radius 2 is 1.88 bits per heavy atom. The third kappa shape index (κ3) is 3.77. The number of carbonyl (C=O) groups excluding carboxylic acids is 1. The summed E-state index contributed by atoms with van der Waals surface area (Å²) in [5, 5.41) is 0.560. The van der Waals surface area contributed by atoms with Gasteiger partial charge >= 0.3 is 0 Å². The molecule has 0 fully saturated rings. The summed E-state index contributed by atoms with van der Waals surface area (Å²) in [6.45, 7) is 3.49. The second-order valence-electron chi connectivity index (χ2n) is 6.13. The van der Waals surface area contributed by atoms with Crippen molar-refractivity contribution in [3.05, 3.63) is 54.1 Å². The van der Waals surface area contributed by atoms with E-state index in [-0.39, 0.29) is 16.8 Å². The molecule has 26 heavy (non-hydrogen) atoms. The summed E-state index contributed by atoms with van der Waals surface area (Å²) in [7, 11) is -2.03. The molecule has 3 rings (SSSR count). The highest BCUT2D eigenvalue weighted by Crippen LogP contribution is 2.28. The first-order valence-electron chi connectivity index (χ1n) is 8.04. The Kier molecular flexibility index (Phi) is 5.08. The summed E-state index contributed by atoms with van der Waals surface area (Å²) in [6, 6.07) is 13.4. The monoisotopic (exact) mass is 389 g/mol. The predicted molar refractivity (Wildman–Crippen MR) is 104 cm³/mol. The van der Waals surface area contributed by atoms with Crippen molar-refractivity contribution in [1.29, 1.82) is 0 Å². The van der Waals surface area contributed by atoms with Crippen LogP contribution in [0.25, 0.3) is 10.2 Å². The van der Waals surface area contributed by atoms with E-state index >= 15 is 0 Å². The van der Waals surface area contributed by atoms with Crippen molar-refractivity contribution in [2.75, 3.05) is 11.9 Å². The van der Waals surface area contributed by atoms with E-state index in [9.17, 15) is 13.2 Å². The first-order valence-corrected chi connectivity index (χ1v) is 10.3. The third-order valence-electron chi connectivity index (χ3n) is 3.66. The smallest absolute Gasteiger partial charge is 0.259 e. The van der Waals surface area contributed by atoms with Gasteiger partial charge in [-0.25, -0.2) is 18.1 Å². The van der Waals surface area contributed by atoms with E-state index in [1.807, 2.05) is 24.3 Å². The molecule has 1 amide bonds. The number of hydrogen-bond acceptors (Lipinski definition) is 5. The largest absolute Gasteiger partial charge is 0.287 e. The normalized spacial score (nSPS) is 11.8. The van der Waals surface area contributed by atoms with E-state index < -0.39 is 10.0 Å². The number of sulfonamides is 1. The molecule has 2 aromatic carbocycles. The molecule has 0 saturated carbocycles. The van der Waals surface area contributed by atoms with Gasteiger partial charge in [0.25, 0.3) is 5.91 Å². The van der Waals surface area contributed by atoms with Crippen LogP contribution in [0.4, 0.5) is 5.13 Å². The van der Waals surface area contributed by atoms with E-state index in [1.165, 1.54) is 28.4 Å². The molecule has 6 nitrogen and oxygen atoms in total. The van der Waals surface area contributed by atoms with Gasteiger partial charge in [-0.2, -0.15) is 0 Å². The number of carbonyl (C=O) groups is 1. The Bertz CT molecular complexity index is 1030. The van der Waals surface area contributed by atoms with Gasteiger partial charge in [0.1, 0.15) is 0 Å². The van der Waals surface area contributed by atoms with Crippen LogP contribution in [0.3, 0.4) is 0 Å². The Morgan fingerprint density at radius 3 is 2.58 bits per heavy atom. The first kappa shape index (κ1) is 18.5. The lowest BCUT2D eigenvalue weighted by Crippen LogP contribution is -2.31. The zero-order valence-corrected chi connectivity index (χ0v) is 16.3. The van der Waals surface area contributed by atoms with Gasteiger partial charge < -0.3 is 0 Å². The highest BCUT2D eigenvalue weighted by atomic mass is 32.2. The highest BCUT2D eigenvalue weighted by Gasteiger charge is 2.21. The predicted octanol–water partition coefficient (Wildman–Crippen LogP) is 3.26. The summed E-state index contributed by atoms with van der Waals surface area (Å²) >= 11 is 1.41. The standard InChI is InChI=1S/C18H19N3O3S2/c1-12(2)20-26(23,24)14-8-6-7-13(11-14)17(22)21(3)18-19-15-9-4-5-10-16(15)25-18/h4-12,20H,1-3H3. The SMILES string of the molecule is CC(C)NS(=O)(=O)c1cccc(C(=O)N(C)c2nc3ccccc3s2)c1. The number of para-hydroxylation sites is 1. The van der Waals surface area contributed by atoms with Crippen molar-refractivity contribution in [1.82, 2.24) is 9.71 Å². The fourth-order valence-corrected chi connectivity index (χ4v) is 4.68. The van der Waals surface area contributed by atoms with Gasteiger partial charge in [-0.3, -0.25) is 9.69 Å². The van der Waals surface area contributed by atoms with Gasteiger partial charge in [0.05, 0.1) is 15.1 Å². The lowest BCUT2D eigenvalue weighted by molar-refractivity contribution is 0.0993. The van der Waals surface area contributed by atoms with Crippen molar-refractivity contribution in [2.24, 2.45) is 0 Å². The van der Waals surface area contributed by atoms with Crippen molar-refractivity contribution in [3.8, 4) is 0 Å². The minimum absolute atomic E-state index is 0.0646. The van der Waals surface area contributed by atoms with Gasteiger partial charge in [-0.1, -0.05) is 29.5 Å². The molecule has 0 aliphatic heterocycles. The van der Waals surface area contributed by atoms with Gasteiger partial charge in [0.15, 0.2) is 5.13 Å². The van der Waals surface area contributed by atoms with Crippen LogP contribution < -0.4 is 9.62 Å². The maximum absolute atomic E-state index is 12.8. The molecule has 0 atom stereocenters. The van der Waals surface area contributed by atoms with Gasteiger partial charge in [-0.05, 0) is 44.2 Å². The van der Waals surface area contributed by atoms with E-state index in [4.69, 9.17) is 0 Å². The molecular formula is C18H19N3O3S2. The van der Waals surface area contributed by atoms with Crippen LogP contribution in [-0.4, -0.2) is 32.4 Å². The van der Waals surface area contributed by atoms with Gasteiger partial charge in [-0.15, -0.1) is 0 Å². The maximum atomic E-state index is 12.8. The molecule has 0 aliphatic carbocycles. The van der Waals surface area contributed by atoms with E-state index in [1.54, 1.807) is 33.0 Å². The van der Waals surface area contributed by atoms with Gasteiger partial charge in [0, 0.05) is 18.7 Å². The van der Waals surface area contributed by atoms with Crippen molar-refractivity contribution in [2.45, 2.75) is 24.8 Å². The summed E-state index contributed by atoms with van der Waals surface area (Å²) < 4.78 is 28.2.